The van der Waals surface area contributed by atoms with Gasteiger partial charge in [0, 0.05) is 11.8 Å². The van der Waals surface area contributed by atoms with Crippen LogP contribution in [0.2, 0.25) is 0 Å². The first-order valence-electron chi connectivity index (χ1n) is 6.67. The van der Waals surface area contributed by atoms with E-state index in [1.807, 2.05) is 0 Å². The molecule has 0 aliphatic carbocycles. The Morgan fingerprint density at radius 2 is 2.21 bits per heavy atom. The van der Waals surface area contributed by atoms with Crippen molar-refractivity contribution < 1.29 is 18.7 Å². The summed E-state index contributed by atoms with van der Waals surface area (Å²) in [7, 11) is 1.20. The van der Waals surface area contributed by atoms with Crippen LogP contribution in [-0.4, -0.2) is 38.7 Å². The van der Waals surface area contributed by atoms with Crippen LogP contribution in [0.3, 0.4) is 0 Å². The quantitative estimate of drug-likeness (QED) is 0.650. The lowest BCUT2D eigenvalue weighted by atomic mass is 10.3. The van der Waals surface area contributed by atoms with E-state index < -0.39 is 17.8 Å². The average molecular weight is 332 g/mol. The normalized spacial score (nSPS) is 10.7. The number of hydrogen-bond acceptors (Lipinski definition) is 8. The first-order valence-corrected chi connectivity index (χ1v) is 6.67. The number of carbonyl (C=O) groups excluding carboxylic acids is 2. The van der Waals surface area contributed by atoms with Crippen LogP contribution in [0, 0.1) is 0 Å². The highest BCUT2D eigenvalue weighted by molar-refractivity contribution is 5.90. The topological polar surface area (TPSA) is 147 Å². The molecule has 0 fully saturated rings. The van der Waals surface area contributed by atoms with Crippen molar-refractivity contribution in [2.75, 3.05) is 18.2 Å². The highest BCUT2D eigenvalue weighted by atomic mass is 16.5. The van der Waals surface area contributed by atoms with Crippen molar-refractivity contribution in [2.45, 2.75) is 6.54 Å². The van der Waals surface area contributed by atoms with Gasteiger partial charge in [0.2, 0.25) is 0 Å². The lowest BCUT2D eigenvalue weighted by molar-refractivity contribution is 0.0882. The maximum atomic E-state index is 12.4. The van der Waals surface area contributed by atoms with E-state index in [0.29, 0.717) is 11.2 Å². The van der Waals surface area contributed by atoms with E-state index in [4.69, 9.17) is 10.2 Å². The Balaban J connectivity index is 1.84. The number of carbonyl (C=O) groups is 2. The molecular weight excluding hydrogens is 320 g/mol. The van der Waals surface area contributed by atoms with Gasteiger partial charge in [0.1, 0.15) is 6.54 Å². The van der Waals surface area contributed by atoms with E-state index in [0.717, 1.165) is 9.25 Å². The molecule has 0 aliphatic rings. The zero-order valence-corrected chi connectivity index (χ0v) is 12.4. The van der Waals surface area contributed by atoms with E-state index in [2.05, 4.69) is 20.4 Å². The first kappa shape index (κ1) is 15.3. The summed E-state index contributed by atoms with van der Waals surface area (Å²) in [4.78, 5) is 35.3. The molecule has 2 heterocycles. The lowest BCUT2D eigenvalue weighted by Gasteiger charge is -2.01. The molecule has 3 rings (SSSR count). The molecule has 0 saturated carbocycles. The number of fused-ring (bicyclic) bond motifs is 1. The molecule has 0 aliphatic heterocycles. The molecule has 24 heavy (non-hydrogen) atoms. The van der Waals surface area contributed by atoms with Gasteiger partial charge in [0.25, 0.3) is 5.91 Å². The van der Waals surface area contributed by atoms with Crippen molar-refractivity contribution >= 4 is 34.6 Å². The van der Waals surface area contributed by atoms with Gasteiger partial charge in [-0.15, -0.1) is 5.10 Å². The second-order valence-electron chi connectivity index (χ2n) is 4.74. The predicted molar refractivity (Wildman–Crippen MR) is 81.6 cm³/mol. The number of anilines is 2. The van der Waals surface area contributed by atoms with Gasteiger partial charge in [-0.3, -0.25) is 10.1 Å². The maximum Gasteiger partial charge on any atom is 0.426 e. The minimum absolute atomic E-state index is 0.104. The molecule has 0 atom stereocenters. The van der Waals surface area contributed by atoms with Gasteiger partial charge in [-0.2, -0.15) is 0 Å². The highest BCUT2D eigenvalue weighted by Gasteiger charge is 2.17. The van der Waals surface area contributed by atoms with Gasteiger partial charge < -0.3 is 14.9 Å². The van der Waals surface area contributed by atoms with Gasteiger partial charge in [-0.25, -0.2) is 18.8 Å². The Morgan fingerprint density at radius 3 is 2.96 bits per heavy atom. The van der Waals surface area contributed by atoms with Crippen LogP contribution < -0.4 is 16.8 Å². The van der Waals surface area contributed by atoms with E-state index in [1.165, 1.54) is 25.4 Å². The standard InChI is InChI=1S/C13H12N6O5/c1-23-12(21)15-10-5-18(17-16-10)6-11(20)19-8-3-2-7(14)4-9(8)24-13(19)22/h2-5H,6,14H2,1H3,(H,15,21). The lowest BCUT2D eigenvalue weighted by Crippen LogP contribution is -2.26. The van der Waals surface area contributed by atoms with Crippen LogP contribution >= 0.6 is 0 Å². The number of oxazole rings is 1. The molecule has 0 bridgehead atoms. The van der Waals surface area contributed by atoms with Gasteiger partial charge >= 0.3 is 11.8 Å². The second kappa shape index (κ2) is 5.87. The smallest absolute Gasteiger partial charge is 0.426 e. The third kappa shape index (κ3) is 2.82. The highest BCUT2D eigenvalue weighted by Crippen LogP contribution is 2.16. The Labute approximate surface area is 133 Å². The number of nitrogen functional groups attached to an aromatic ring is 1. The van der Waals surface area contributed by atoms with Crippen LogP contribution in [0.15, 0.2) is 33.6 Å². The Bertz CT molecular complexity index is 984. The summed E-state index contributed by atoms with van der Waals surface area (Å²) in [5.41, 5.74) is 6.53. The number of nitrogens with zero attached hydrogens (tertiary/aromatic N) is 4. The molecule has 0 saturated heterocycles. The van der Waals surface area contributed by atoms with Gasteiger partial charge in [-0.05, 0) is 12.1 Å². The van der Waals surface area contributed by atoms with Crippen molar-refractivity contribution in [3.63, 3.8) is 0 Å². The maximum absolute atomic E-state index is 12.4. The summed E-state index contributed by atoms with van der Waals surface area (Å²) in [5.74, 6) is -1.31. The molecular formula is C13H12N6O5. The molecule has 124 valence electrons. The number of nitrogens with one attached hydrogen (secondary N) is 1. The van der Waals surface area contributed by atoms with Gasteiger partial charge in [0.15, 0.2) is 11.4 Å². The average Bonchev–Trinajstić information content (AvgIpc) is 3.09. The molecule has 11 nitrogen and oxygen atoms in total. The number of benzene rings is 1. The monoisotopic (exact) mass is 332 g/mol. The van der Waals surface area contributed by atoms with Crippen molar-refractivity contribution in [3.05, 3.63) is 34.9 Å². The summed E-state index contributed by atoms with van der Waals surface area (Å²) < 4.78 is 11.5. The zero-order valence-electron chi connectivity index (χ0n) is 12.4. The SMILES string of the molecule is COC(=O)Nc1cn(CC(=O)n2c(=O)oc3cc(N)ccc32)nn1. The summed E-state index contributed by atoms with van der Waals surface area (Å²) in [6.07, 6.45) is 0.600. The van der Waals surface area contributed by atoms with E-state index in [1.54, 1.807) is 6.07 Å². The molecule has 0 unspecified atom stereocenters. The molecule has 3 aromatic rings. The summed E-state index contributed by atoms with van der Waals surface area (Å²) in [6.45, 7) is -0.283. The van der Waals surface area contributed by atoms with Crippen LogP contribution in [0.4, 0.5) is 16.3 Å². The first-order chi connectivity index (χ1) is 11.5. The second-order valence-corrected chi connectivity index (χ2v) is 4.74. The molecule has 2 aromatic heterocycles. The van der Waals surface area contributed by atoms with Crippen LogP contribution in [0.25, 0.3) is 11.1 Å². The largest absolute Gasteiger partial charge is 0.453 e. The van der Waals surface area contributed by atoms with Crippen molar-refractivity contribution in [3.8, 4) is 0 Å². The number of amides is 1. The Morgan fingerprint density at radius 1 is 1.42 bits per heavy atom. The van der Waals surface area contributed by atoms with Crippen molar-refractivity contribution in [1.82, 2.24) is 19.6 Å². The van der Waals surface area contributed by atoms with E-state index >= 15 is 0 Å². The van der Waals surface area contributed by atoms with Crippen LogP contribution in [0.5, 0.6) is 0 Å². The molecule has 11 heteroatoms. The number of aromatic nitrogens is 4. The summed E-state index contributed by atoms with van der Waals surface area (Å²) >= 11 is 0. The van der Waals surface area contributed by atoms with Crippen molar-refractivity contribution in [2.24, 2.45) is 0 Å². The fraction of sp³-hybridized carbons (Fsp3) is 0.154. The number of ether oxygens (including phenoxy) is 1. The minimum Gasteiger partial charge on any atom is -0.453 e. The number of methoxy groups -OCH3 is 1. The van der Waals surface area contributed by atoms with Crippen molar-refractivity contribution in [1.29, 1.82) is 0 Å². The summed E-state index contributed by atoms with van der Waals surface area (Å²) in [6, 6.07) is 4.52. The number of nitrogens with two attached hydrogens (primary N) is 1. The molecule has 0 spiro atoms. The Kier molecular flexibility index (Phi) is 3.74. The molecule has 0 radical (unpaired) electrons. The molecule has 1 aromatic carbocycles. The van der Waals surface area contributed by atoms with Gasteiger partial charge in [0.05, 0.1) is 18.8 Å². The number of hydrogen-bond donors (Lipinski definition) is 2. The predicted octanol–water partition coefficient (Wildman–Crippen LogP) is 0.287. The van der Waals surface area contributed by atoms with E-state index in [9.17, 15) is 14.4 Å². The number of rotatable bonds is 3. The fourth-order valence-corrected chi connectivity index (χ4v) is 2.07. The third-order valence-electron chi connectivity index (χ3n) is 3.11. The summed E-state index contributed by atoms with van der Waals surface area (Å²) in [5, 5.41) is 9.64. The zero-order chi connectivity index (χ0) is 17.3. The molecule has 3 N–H and O–H groups in total. The van der Waals surface area contributed by atoms with Gasteiger partial charge in [-0.1, -0.05) is 5.21 Å². The Hall–Kier alpha value is -3.63. The minimum atomic E-state index is -0.825. The fourth-order valence-electron chi connectivity index (χ4n) is 2.07. The van der Waals surface area contributed by atoms with E-state index in [-0.39, 0.29) is 17.9 Å². The van der Waals surface area contributed by atoms with Crippen LogP contribution in [-0.2, 0) is 11.3 Å². The van der Waals surface area contributed by atoms with Crippen LogP contribution in [0.1, 0.15) is 4.79 Å². The third-order valence-corrected chi connectivity index (χ3v) is 3.11. The molecule has 1 amide bonds.